The molecule has 2 atom stereocenters. The first kappa shape index (κ1) is 18.7. The number of rotatable bonds is 5. The predicted molar refractivity (Wildman–Crippen MR) is 84.6 cm³/mol. The molecule has 1 aromatic rings. The molecule has 0 saturated carbocycles. The van der Waals surface area contributed by atoms with Crippen molar-refractivity contribution >= 4 is 11.7 Å². The maximum absolute atomic E-state index is 12.9. The molecule has 1 saturated heterocycles. The third-order valence-corrected chi connectivity index (χ3v) is 4.19. The van der Waals surface area contributed by atoms with E-state index in [1.54, 1.807) is 12.1 Å². The summed E-state index contributed by atoms with van der Waals surface area (Å²) in [5.41, 5.74) is 0. The lowest BCUT2D eigenvalue weighted by Gasteiger charge is -2.33. The van der Waals surface area contributed by atoms with E-state index in [1.807, 2.05) is 13.8 Å². The Morgan fingerprint density at radius 1 is 1.42 bits per heavy atom. The summed E-state index contributed by atoms with van der Waals surface area (Å²) in [5.74, 6) is -0.143. The second kappa shape index (κ2) is 7.96. The van der Waals surface area contributed by atoms with Gasteiger partial charge < -0.3 is 4.74 Å². The summed E-state index contributed by atoms with van der Waals surface area (Å²) in [6, 6.07) is 4.60. The monoisotopic (exact) mass is 344 g/mol. The molecule has 2 rings (SSSR count). The van der Waals surface area contributed by atoms with Crippen LogP contribution >= 0.6 is 0 Å². The second-order valence-corrected chi connectivity index (χ2v) is 6.53. The number of anilines is 1. The van der Waals surface area contributed by atoms with Gasteiger partial charge in [-0.05, 0) is 36.8 Å². The number of nitrogens with zero attached hydrogens (tertiary/aromatic N) is 2. The van der Waals surface area contributed by atoms with Crippen molar-refractivity contribution in [3.8, 4) is 0 Å². The quantitative estimate of drug-likeness (QED) is 0.815. The average Bonchev–Trinajstić information content (AvgIpc) is 2.53. The Morgan fingerprint density at radius 2 is 2.17 bits per heavy atom. The van der Waals surface area contributed by atoms with Crippen molar-refractivity contribution in [3.63, 3.8) is 0 Å². The fourth-order valence-corrected chi connectivity index (χ4v) is 2.90. The van der Waals surface area contributed by atoms with Gasteiger partial charge in [-0.2, -0.15) is 13.2 Å². The predicted octanol–water partition coefficient (Wildman–Crippen LogP) is 3.82. The number of hydrogen-bond acceptors (Lipinski definition) is 3. The topological polar surface area (TPSA) is 42.4 Å². The minimum absolute atomic E-state index is 0.0345. The highest BCUT2D eigenvalue weighted by atomic mass is 19.4. The first-order valence-electron chi connectivity index (χ1n) is 8.16. The molecule has 0 bridgehead atoms. The van der Waals surface area contributed by atoms with E-state index in [-0.39, 0.29) is 24.3 Å². The Bertz CT molecular complexity index is 534. The van der Waals surface area contributed by atoms with Gasteiger partial charge in [-0.1, -0.05) is 19.9 Å². The first-order chi connectivity index (χ1) is 11.3. The molecule has 2 heterocycles. The Balaban J connectivity index is 2.07. The van der Waals surface area contributed by atoms with Crippen LogP contribution in [0.3, 0.4) is 0 Å². The maximum Gasteiger partial charge on any atom is 0.406 e. The van der Waals surface area contributed by atoms with Crippen LogP contribution in [0.25, 0.3) is 0 Å². The van der Waals surface area contributed by atoms with Crippen LogP contribution in [0.1, 0.15) is 33.1 Å². The van der Waals surface area contributed by atoms with E-state index in [0.717, 1.165) is 4.90 Å². The molecule has 1 amide bonds. The number of amides is 1. The zero-order valence-electron chi connectivity index (χ0n) is 13.9. The van der Waals surface area contributed by atoms with Gasteiger partial charge in [0, 0.05) is 19.2 Å². The number of hydrogen-bond donors (Lipinski definition) is 0. The highest BCUT2D eigenvalue weighted by Gasteiger charge is 2.35. The van der Waals surface area contributed by atoms with Crippen LogP contribution in [0, 0.1) is 11.8 Å². The molecule has 0 N–H and O–H groups in total. The Kier molecular flexibility index (Phi) is 6.21. The van der Waals surface area contributed by atoms with Gasteiger partial charge in [0.15, 0.2) is 0 Å². The van der Waals surface area contributed by atoms with Gasteiger partial charge >= 0.3 is 6.18 Å². The van der Waals surface area contributed by atoms with Gasteiger partial charge in [0.2, 0.25) is 5.91 Å². The summed E-state index contributed by atoms with van der Waals surface area (Å²) < 4.78 is 44.2. The molecule has 1 fully saturated rings. The minimum Gasteiger partial charge on any atom is -0.378 e. The lowest BCUT2D eigenvalue weighted by atomic mass is 9.88. The molecule has 0 aliphatic carbocycles. The van der Waals surface area contributed by atoms with E-state index in [0.29, 0.717) is 25.4 Å². The molecule has 1 aliphatic heterocycles. The van der Waals surface area contributed by atoms with Crippen molar-refractivity contribution in [1.82, 2.24) is 4.98 Å². The lowest BCUT2D eigenvalue weighted by Crippen LogP contribution is -2.41. The largest absolute Gasteiger partial charge is 0.406 e. The Hall–Kier alpha value is -1.63. The molecule has 0 unspecified atom stereocenters. The van der Waals surface area contributed by atoms with Gasteiger partial charge in [0.25, 0.3) is 0 Å². The molecule has 0 aromatic carbocycles. The van der Waals surface area contributed by atoms with Gasteiger partial charge in [-0.25, -0.2) is 4.98 Å². The van der Waals surface area contributed by atoms with Gasteiger partial charge in [-0.3, -0.25) is 9.69 Å². The number of carbonyl (C=O) groups is 1. The molecule has 24 heavy (non-hydrogen) atoms. The van der Waals surface area contributed by atoms with Crippen molar-refractivity contribution in [2.24, 2.45) is 11.8 Å². The molecule has 1 aliphatic rings. The van der Waals surface area contributed by atoms with Crippen LogP contribution in [-0.4, -0.2) is 36.3 Å². The molecule has 4 nitrogen and oxygen atoms in total. The van der Waals surface area contributed by atoms with E-state index >= 15 is 0 Å². The first-order valence-corrected chi connectivity index (χ1v) is 8.16. The lowest BCUT2D eigenvalue weighted by molar-refractivity contribution is -0.134. The normalized spacial score (nSPS) is 21.8. The minimum atomic E-state index is -4.47. The van der Waals surface area contributed by atoms with Crippen molar-refractivity contribution < 1.29 is 22.7 Å². The van der Waals surface area contributed by atoms with E-state index in [9.17, 15) is 18.0 Å². The highest BCUT2D eigenvalue weighted by molar-refractivity contribution is 5.92. The van der Waals surface area contributed by atoms with Crippen molar-refractivity contribution in [2.75, 3.05) is 18.1 Å². The zero-order valence-corrected chi connectivity index (χ0v) is 13.9. The number of alkyl halides is 3. The fourth-order valence-electron chi connectivity index (χ4n) is 2.90. The van der Waals surface area contributed by atoms with Gasteiger partial charge in [0.1, 0.15) is 12.4 Å². The van der Waals surface area contributed by atoms with E-state index in [4.69, 9.17) is 4.74 Å². The number of pyridine rings is 1. The standard InChI is InChI=1S/C17H23F3N2O2/c1-12(2)14-9-13(6-8-24-14)10-16(23)22(11-17(18,19)20)15-5-3-4-7-21-15/h3-5,7,12-14H,6,8-11H2,1-2H3/t13-,14-/m1/s1. The molecule has 7 heteroatoms. The zero-order chi connectivity index (χ0) is 17.7. The number of ether oxygens (including phenoxy) is 1. The van der Waals surface area contributed by atoms with E-state index < -0.39 is 18.6 Å². The second-order valence-electron chi connectivity index (χ2n) is 6.53. The fraction of sp³-hybridized carbons (Fsp3) is 0.647. The van der Waals surface area contributed by atoms with Crippen molar-refractivity contribution in [2.45, 2.75) is 45.4 Å². The summed E-state index contributed by atoms with van der Waals surface area (Å²) in [7, 11) is 0. The Labute approximate surface area is 140 Å². The van der Waals surface area contributed by atoms with Crippen LogP contribution in [-0.2, 0) is 9.53 Å². The highest BCUT2D eigenvalue weighted by Crippen LogP contribution is 2.29. The van der Waals surface area contributed by atoms with Gasteiger partial charge in [-0.15, -0.1) is 0 Å². The van der Waals surface area contributed by atoms with Crippen LogP contribution in [0.2, 0.25) is 0 Å². The van der Waals surface area contributed by atoms with Crippen molar-refractivity contribution in [3.05, 3.63) is 24.4 Å². The Morgan fingerprint density at radius 3 is 2.75 bits per heavy atom. The van der Waals surface area contributed by atoms with E-state index in [1.165, 1.54) is 12.3 Å². The smallest absolute Gasteiger partial charge is 0.378 e. The molecule has 1 aromatic heterocycles. The number of aromatic nitrogens is 1. The summed E-state index contributed by atoms with van der Waals surface area (Å²) >= 11 is 0. The van der Waals surface area contributed by atoms with Crippen LogP contribution in [0.5, 0.6) is 0 Å². The molecule has 0 spiro atoms. The average molecular weight is 344 g/mol. The molecular weight excluding hydrogens is 321 g/mol. The third-order valence-electron chi connectivity index (χ3n) is 4.19. The van der Waals surface area contributed by atoms with Crippen LogP contribution in [0.15, 0.2) is 24.4 Å². The summed E-state index contributed by atoms with van der Waals surface area (Å²) in [4.78, 5) is 17.1. The summed E-state index contributed by atoms with van der Waals surface area (Å²) in [5, 5.41) is 0. The van der Waals surface area contributed by atoms with E-state index in [2.05, 4.69) is 4.98 Å². The molecular formula is C17H23F3N2O2. The third kappa shape index (κ3) is 5.47. The SMILES string of the molecule is CC(C)[C@H]1C[C@H](CC(=O)N(CC(F)(F)F)c2ccccn2)CCO1. The summed E-state index contributed by atoms with van der Waals surface area (Å²) in [6.45, 7) is 3.31. The summed E-state index contributed by atoms with van der Waals surface area (Å²) in [6.07, 6.45) is -1.55. The maximum atomic E-state index is 12.9. The number of carbonyl (C=O) groups excluding carboxylic acids is 1. The van der Waals surface area contributed by atoms with Crippen LogP contribution in [0.4, 0.5) is 19.0 Å². The van der Waals surface area contributed by atoms with Gasteiger partial charge in [0.05, 0.1) is 6.10 Å². The van der Waals surface area contributed by atoms with Crippen molar-refractivity contribution in [1.29, 1.82) is 0 Å². The van der Waals surface area contributed by atoms with Crippen LogP contribution < -0.4 is 4.90 Å². The number of halogens is 3. The molecule has 0 radical (unpaired) electrons. The molecule has 134 valence electrons.